The highest BCUT2D eigenvalue weighted by molar-refractivity contribution is 5.91. The first-order valence-electron chi connectivity index (χ1n) is 7.92. The van der Waals surface area contributed by atoms with Crippen molar-refractivity contribution in [2.24, 2.45) is 0 Å². The predicted molar refractivity (Wildman–Crippen MR) is 90.9 cm³/mol. The maximum absolute atomic E-state index is 12.6. The van der Waals surface area contributed by atoms with Gasteiger partial charge in [0.1, 0.15) is 11.5 Å². The average Bonchev–Trinajstić information content (AvgIpc) is 2.99. The molecule has 4 nitrogen and oxygen atoms in total. The minimum absolute atomic E-state index is 0.0287. The Hall–Kier alpha value is -2.33. The normalized spacial score (nSPS) is 19.4. The van der Waals surface area contributed by atoms with Crippen LogP contribution >= 0.6 is 0 Å². The van der Waals surface area contributed by atoms with Crippen molar-refractivity contribution >= 4 is 12.0 Å². The highest BCUT2D eigenvalue weighted by atomic mass is 16.3. The zero-order valence-electron chi connectivity index (χ0n) is 13.6. The molecule has 4 heteroatoms. The van der Waals surface area contributed by atoms with Crippen molar-refractivity contribution in [1.29, 1.82) is 0 Å². The summed E-state index contributed by atoms with van der Waals surface area (Å²) in [6.45, 7) is 4.37. The Morgan fingerprint density at radius 1 is 1.17 bits per heavy atom. The third-order valence-corrected chi connectivity index (χ3v) is 4.20. The van der Waals surface area contributed by atoms with Gasteiger partial charge in [0, 0.05) is 25.7 Å². The lowest BCUT2D eigenvalue weighted by Crippen LogP contribution is -2.48. The molecule has 1 aromatic carbocycles. The van der Waals surface area contributed by atoms with Crippen LogP contribution in [0.25, 0.3) is 6.08 Å². The third kappa shape index (κ3) is 3.71. The third-order valence-electron chi connectivity index (χ3n) is 4.20. The molecule has 120 valence electrons. The summed E-state index contributed by atoms with van der Waals surface area (Å²) < 4.78 is 5.48. The summed E-state index contributed by atoms with van der Waals surface area (Å²) in [4.78, 5) is 16.9. The van der Waals surface area contributed by atoms with Gasteiger partial charge in [-0.2, -0.15) is 0 Å². The molecule has 0 spiro atoms. The second-order valence-electron chi connectivity index (χ2n) is 6.00. The van der Waals surface area contributed by atoms with Crippen LogP contribution in [0.15, 0.2) is 53.0 Å². The topological polar surface area (TPSA) is 36.7 Å². The number of nitrogens with zero attached hydrogens (tertiary/aromatic N) is 2. The smallest absolute Gasteiger partial charge is 0.247 e. The molecule has 1 fully saturated rings. The molecule has 2 aromatic rings. The Kier molecular flexibility index (Phi) is 4.63. The Bertz CT molecular complexity index is 690. The largest absolute Gasteiger partial charge is 0.462 e. The van der Waals surface area contributed by atoms with Crippen LogP contribution in [0.1, 0.15) is 23.1 Å². The molecule has 1 atom stereocenters. The number of carbonyl (C=O) groups is 1. The number of aryl methyl sites for hydroxylation is 1. The molecule has 1 amide bonds. The van der Waals surface area contributed by atoms with Crippen molar-refractivity contribution in [2.45, 2.75) is 13.0 Å². The molecule has 23 heavy (non-hydrogen) atoms. The first-order chi connectivity index (χ1) is 11.1. The fourth-order valence-corrected chi connectivity index (χ4v) is 2.94. The van der Waals surface area contributed by atoms with Crippen LogP contribution in [0.2, 0.25) is 0 Å². The molecule has 3 rings (SSSR count). The fourth-order valence-electron chi connectivity index (χ4n) is 2.94. The van der Waals surface area contributed by atoms with Gasteiger partial charge in [0.15, 0.2) is 0 Å². The number of piperazine rings is 1. The summed E-state index contributed by atoms with van der Waals surface area (Å²) in [6, 6.07) is 14.1. The van der Waals surface area contributed by atoms with Gasteiger partial charge >= 0.3 is 0 Å². The van der Waals surface area contributed by atoms with E-state index in [9.17, 15) is 4.79 Å². The molecule has 0 N–H and O–H groups in total. The number of rotatable bonds is 3. The molecule has 0 bridgehead atoms. The molecular weight excluding hydrogens is 288 g/mol. The number of amides is 1. The van der Waals surface area contributed by atoms with Gasteiger partial charge in [-0.15, -0.1) is 0 Å². The molecule has 1 aromatic heterocycles. The second kappa shape index (κ2) is 6.84. The highest BCUT2D eigenvalue weighted by Crippen LogP contribution is 2.25. The molecule has 1 aliphatic heterocycles. The van der Waals surface area contributed by atoms with Crippen molar-refractivity contribution in [3.63, 3.8) is 0 Å². The molecule has 1 unspecified atom stereocenters. The number of likely N-dealkylation sites (N-methyl/N-ethyl adjacent to an activating group) is 1. The molecule has 0 saturated carbocycles. The van der Waals surface area contributed by atoms with Gasteiger partial charge in [-0.1, -0.05) is 30.3 Å². The summed E-state index contributed by atoms with van der Waals surface area (Å²) >= 11 is 0. The van der Waals surface area contributed by atoms with Crippen molar-refractivity contribution in [3.8, 4) is 0 Å². The van der Waals surface area contributed by atoms with Crippen molar-refractivity contribution < 1.29 is 9.21 Å². The summed E-state index contributed by atoms with van der Waals surface area (Å²) in [5, 5.41) is 0. The maximum atomic E-state index is 12.6. The SMILES string of the molecule is Cc1ccc(C=CC(=O)N2CCN(C)CC2c2ccccc2)o1. The molecule has 0 radical (unpaired) electrons. The van der Waals surface area contributed by atoms with E-state index in [0.29, 0.717) is 5.76 Å². The van der Waals surface area contributed by atoms with Crippen LogP contribution in [-0.4, -0.2) is 42.4 Å². The number of carbonyl (C=O) groups excluding carboxylic acids is 1. The van der Waals surface area contributed by atoms with Crippen molar-refractivity contribution in [2.75, 3.05) is 26.7 Å². The van der Waals surface area contributed by atoms with E-state index in [-0.39, 0.29) is 11.9 Å². The van der Waals surface area contributed by atoms with E-state index in [4.69, 9.17) is 4.42 Å². The Morgan fingerprint density at radius 2 is 1.96 bits per heavy atom. The highest BCUT2D eigenvalue weighted by Gasteiger charge is 2.28. The first-order valence-corrected chi connectivity index (χ1v) is 7.92. The minimum atomic E-state index is 0.0287. The van der Waals surface area contributed by atoms with Crippen LogP contribution in [0.4, 0.5) is 0 Å². The van der Waals surface area contributed by atoms with E-state index in [0.717, 1.165) is 25.4 Å². The van der Waals surface area contributed by atoms with Gasteiger partial charge in [0.05, 0.1) is 6.04 Å². The molecule has 1 aliphatic rings. The zero-order chi connectivity index (χ0) is 16.2. The molecule has 1 saturated heterocycles. The van der Waals surface area contributed by atoms with E-state index in [1.165, 1.54) is 5.56 Å². The summed E-state index contributed by atoms with van der Waals surface area (Å²) in [7, 11) is 2.10. The van der Waals surface area contributed by atoms with Gasteiger partial charge in [-0.3, -0.25) is 4.79 Å². The molecular formula is C19H22N2O2. The number of hydrogen-bond donors (Lipinski definition) is 0. The van der Waals surface area contributed by atoms with Gasteiger partial charge in [-0.25, -0.2) is 0 Å². The summed E-state index contributed by atoms with van der Waals surface area (Å²) in [5.74, 6) is 1.58. The zero-order valence-corrected chi connectivity index (χ0v) is 13.6. The predicted octanol–water partition coefficient (Wildman–Crippen LogP) is 3.12. The molecule has 0 aliphatic carbocycles. The Balaban J connectivity index is 1.78. The lowest BCUT2D eigenvalue weighted by atomic mass is 10.0. The number of furan rings is 1. The van der Waals surface area contributed by atoms with Crippen molar-refractivity contribution in [3.05, 3.63) is 65.6 Å². The van der Waals surface area contributed by atoms with E-state index >= 15 is 0 Å². The van der Waals surface area contributed by atoms with Crippen molar-refractivity contribution in [1.82, 2.24) is 9.80 Å². The van der Waals surface area contributed by atoms with E-state index in [1.807, 2.05) is 42.2 Å². The summed E-state index contributed by atoms with van der Waals surface area (Å²) in [6.07, 6.45) is 3.36. The quantitative estimate of drug-likeness (QED) is 0.817. The van der Waals surface area contributed by atoms with Gasteiger partial charge in [0.25, 0.3) is 0 Å². The first kappa shape index (κ1) is 15.6. The summed E-state index contributed by atoms with van der Waals surface area (Å²) in [5.41, 5.74) is 1.18. The van der Waals surface area contributed by atoms with Crippen LogP contribution < -0.4 is 0 Å². The van der Waals surface area contributed by atoms with Crippen LogP contribution in [0.5, 0.6) is 0 Å². The molecule has 2 heterocycles. The van der Waals surface area contributed by atoms with E-state index < -0.39 is 0 Å². The van der Waals surface area contributed by atoms with Crippen LogP contribution in [-0.2, 0) is 4.79 Å². The van der Waals surface area contributed by atoms with Gasteiger partial charge in [-0.05, 0) is 37.7 Å². The number of benzene rings is 1. The minimum Gasteiger partial charge on any atom is -0.462 e. The Labute approximate surface area is 137 Å². The fraction of sp³-hybridized carbons (Fsp3) is 0.316. The van der Waals surface area contributed by atoms with Crippen LogP contribution in [0.3, 0.4) is 0 Å². The average molecular weight is 310 g/mol. The second-order valence-corrected chi connectivity index (χ2v) is 6.00. The lowest BCUT2D eigenvalue weighted by Gasteiger charge is -2.39. The van der Waals surface area contributed by atoms with E-state index in [1.54, 1.807) is 12.2 Å². The van der Waals surface area contributed by atoms with E-state index in [2.05, 4.69) is 24.1 Å². The maximum Gasteiger partial charge on any atom is 0.247 e. The monoisotopic (exact) mass is 310 g/mol. The Morgan fingerprint density at radius 3 is 2.65 bits per heavy atom. The number of hydrogen-bond acceptors (Lipinski definition) is 3. The van der Waals surface area contributed by atoms with Crippen LogP contribution in [0, 0.1) is 6.92 Å². The van der Waals surface area contributed by atoms with Gasteiger partial charge < -0.3 is 14.2 Å². The standard InChI is InChI=1S/C19H22N2O2/c1-15-8-9-17(23-15)10-11-19(22)21-13-12-20(2)14-18(21)16-6-4-3-5-7-16/h3-11,18H,12-14H2,1-2H3. The lowest BCUT2D eigenvalue weighted by molar-refractivity contribution is -0.130. The van der Waals surface area contributed by atoms with Gasteiger partial charge in [0.2, 0.25) is 5.91 Å².